The lowest BCUT2D eigenvalue weighted by Crippen LogP contribution is -2.49. The molecule has 3 amide bonds. The molecule has 0 aliphatic carbocycles. The molecule has 0 saturated carbocycles. The molecule has 1 fully saturated rings. The van der Waals surface area contributed by atoms with Crippen LogP contribution in [0.2, 0.25) is 0 Å². The fourth-order valence-electron chi connectivity index (χ4n) is 1.50. The molecule has 1 aromatic heterocycles. The van der Waals surface area contributed by atoms with Gasteiger partial charge in [-0.1, -0.05) is 0 Å². The van der Waals surface area contributed by atoms with Crippen molar-refractivity contribution in [3.63, 3.8) is 0 Å². The minimum absolute atomic E-state index is 0.0951. The summed E-state index contributed by atoms with van der Waals surface area (Å²) < 4.78 is 0. The third-order valence-corrected chi connectivity index (χ3v) is 2.36. The third kappa shape index (κ3) is 2.07. The predicted octanol–water partition coefficient (Wildman–Crippen LogP) is 0.0460. The van der Waals surface area contributed by atoms with Gasteiger partial charge in [0.15, 0.2) is 6.29 Å². The first-order valence-corrected chi connectivity index (χ1v) is 4.87. The van der Waals surface area contributed by atoms with Gasteiger partial charge in [-0.25, -0.2) is 9.78 Å². The van der Waals surface area contributed by atoms with E-state index < -0.39 is 6.03 Å². The number of hydrogen-bond donors (Lipinski definition) is 2. The molecule has 0 spiro atoms. The van der Waals surface area contributed by atoms with E-state index in [1.807, 2.05) is 0 Å². The zero-order valence-electron chi connectivity index (χ0n) is 8.71. The summed E-state index contributed by atoms with van der Waals surface area (Å²) in [6.07, 6.45) is 1.89. The molecule has 1 aliphatic rings. The van der Waals surface area contributed by atoms with Gasteiger partial charge in [0.05, 0.1) is 11.9 Å². The maximum atomic E-state index is 11.5. The van der Waals surface area contributed by atoms with Crippen molar-refractivity contribution in [1.29, 1.82) is 0 Å². The monoisotopic (exact) mass is 235 g/mol. The minimum Gasteiger partial charge on any atom is -0.505 e. The standard InChI is InChI=1S/C10H9N3O4/c14-5-7-8(15)3-6(4-11-7)13-2-1-9(16)12-10(13)17/h3-5,15H,1-2H2,(H,12,16,17). The van der Waals surface area contributed by atoms with Gasteiger partial charge in [-0.3, -0.25) is 19.8 Å². The molecule has 0 radical (unpaired) electrons. The van der Waals surface area contributed by atoms with E-state index in [0.29, 0.717) is 12.0 Å². The highest BCUT2D eigenvalue weighted by atomic mass is 16.3. The van der Waals surface area contributed by atoms with Crippen molar-refractivity contribution in [2.45, 2.75) is 6.42 Å². The highest BCUT2D eigenvalue weighted by Crippen LogP contribution is 2.22. The van der Waals surface area contributed by atoms with Crippen LogP contribution >= 0.6 is 0 Å². The molecule has 1 aliphatic heterocycles. The van der Waals surface area contributed by atoms with Crippen molar-refractivity contribution in [3.05, 3.63) is 18.0 Å². The van der Waals surface area contributed by atoms with Crippen LogP contribution in [0.15, 0.2) is 12.3 Å². The first-order chi connectivity index (χ1) is 8.11. The SMILES string of the molecule is O=Cc1ncc(N2CCC(=O)NC2=O)cc1O. The molecule has 2 N–H and O–H groups in total. The van der Waals surface area contributed by atoms with Crippen LogP contribution in [0, 0.1) is 0 Å². The summed E-state index contributed by atoms with van der Waals surface area (Å²) in [4.78, 5) is 37.9. The van der Waals surface area contributed by atoms with E-state index in [4.69, 9.17) is 0 Å². The Labute approximate surface area is 96.1 Å². The van der Waals surface area contributed by atoms with E-state index in [-0.39, 0.29) is 30.3 Å². The van der Waals surface area contributed by atoms with Gasteiger partial charge in [0, 0.05) is 19.0 Å². The molecule has 0 aromatic carbocycles. The fraction of sp³-hybridized carbons (Fsp3) is 0.200. The lowest BCUT2D eigenvalue weighted by molar-refractivity contribution is -0.120. The largest absolute Gasteiger partial charge is 0.505 e. The van der Waals surface area contributed by atoms with Gasteiger partial charge in [0.1, 0.15) is 11.4 Å². The van der Waals surface area contributed by atoms with Gasteiger partial charge < -0.3 is 5.11 Å². The molecule has 0 bridgehead atoms. The zero-order chi connectivity index (χ0) is 12.4. The van der Waals surface area contributed by atoms with Crippen molar-refractivity contribution in [1.82, 2.24) is 10.3 Å². The van der Waals surface area contributed by atoms with Crippen LogP contribution in [0.4, 0.5) is 10.5 Å². The first-order valence-electron chi connectivity index (χ1n) is 4.87. The summed E-state index contributed by atoms with van der Waals surface area (Å²) >= 11 is 0. The number of aldehydes is 1. The number of anilines is 1. The Kier molecular flexibility index (Phi) is 2.73. The van der Waals surface area contributed by atoms with Gasteiger partial charge in [-0.2, -0.15) is 0 Å². The molecule has 17 heavy (non-hydrogen) atoms. The summed E-state index contributed by atoms with van der Waals surface area (Å²) in [5.41, 5.74) is 0.236. The van der Waals surface area contributed by atoms with Gasteiger partial charge in [-0.15, -0.1) is 0 Å². The molecule has 7 heteroatoms. The highest BCUT2D eigenvalue weighted by molar-refractivity contribution is 6.05. The van der Waals surface area contributed by atoms with Crippen molar-refractivity contribution in [3.8, 4) is 5.75 Å². The average Bonchev–Trinajstić information content (AvgIpc) is 2.29. The molecule has 7 nitrogen and oxygen atoms in total. The van der Waals surface area contributed by atoms with Gasteiger partial charge in [0.25, 0.3) is 0 Å². The first kappa shape index (κ1) is 11.1. The van der Waals surface area contributed by atoms with Crippen molar-refractivity contribution in [2.24, 2.45) is 0 Å². The van der Waals surface area contributed by atoms with E-state index in [2.05, 4.69) is 10.3 Å². The van der Waals surface area contributed by atoms with Crippen LogP contribution in [0.25, 0.3) is 0 Å². The number of urea groups is 1. The van der Waals surface area contributed by atoms with Crippen LogP contribution in [-0.2, 0) is 4.79 Å². The van der Waals surface area contributed by atoms with Crippen molar-refractivity contribution >= 4 is 23.9 Å². The number of aromatic nitrogens is 1. The Morgan fingerprint density at radius 2 is 2.24 bits per heavy atom. The molecule has 1 aromatic rings. The van der Waals surface area contributed by atoms with E-state index >= 15 is 0 Å². The van der Waals surface area contributed by atoms with Crippen LogP contribution < -0.4 is 10.2 Å². The molecule has 0 unspecified atom stereocenters. The lowest BCUT2D eigenvalue weighted by atomic mass is 10.2. The Morgan fingerprint density at radius 1 is 1.47 bits per heavy atom. The summed E-state index contributed by atoms with van der Waals surface area (Å²) in [6, 6.07) is 0.688. The lowest BCUT2D eigenvalue weighted by Gasteiger charge is -2.26. The Bertz CT molecular complexity index is 500. The Morgan fingerprint density at radius 3 is 2.82 bits per heavy atom. The second kappa shape index (κ2) is 4.20. The molecular formula is C10H9N3O4. The number of imide groups is 1. The molecule has 2 heterocycles. The normalized spacial score (nSPS) is 15.6. The second-order valence-corrected chi connectivity index (χ2v) is 3.47. The number of amides is 3. The quantitative estimate of drug-likeness (QED) is 0.705. The maximum Gasteiger partial charge on any atom is 0.328 e. The van der Waals surface area contributed by atoms with Gasteiger partial charge in [0.2, 0.25) is 5.91 Å². The molecular weight excluding hydrogens is 226 g/mol. The molecule has 2 rings (SSSR count). The number of nitrogens with one attached hydrogen (secondary N) is 1. The van der Waals surface area contributed by atoms with Crippen LogP contribution in [-0.4, -0.2) is 34.9 Å². The number of carbonyl (C=O) groups is 3. The number of hydrogen-bond acceptors (Lipinski definition) is 5. The minimum atomic E-state index is -0.568. The fourth-order valence-corrected chi connectivity index (χ4v) is 1.50. The van der Waals surface area contributed by atoms with E-state index in [9.17, 15) is 19.5 Å². The van der Waals surface area contributed by atoms with Gasteiger partial charge >= 0.3 is 6.03 Å². The molecule has 1 saturated heterocycles. The van der Waals surface area contributed by atoms with Crippen LogP contribution in [0.5, 0.6) is 5.75 Å². The van der Waals surface area contributed by atoms with Crippen LogP contribution in [0.1, 0.15) is 16.9 Å². The number of aromatic hydroxyl groups is 1. The topological polar surface area (TPSA) is 99.6 Å². The van der Waals surface area contributed by atoms with Gasteiger partial charge in [-0.05, 0) is 0 Å². The summed E-state index contributed by atoms with van der Waals surface area (Å²) in [5, 5.41) is 11.6. The zero-order valence-corrected chi connectivity index (χ0v) is 8.71. The smallest absolute Gasteiger partial charge is 0.328 e. The summed E-state index contributed by atoms with van der Waals surface area (Å²) in [6.45, 7) is 0.215. The highest BCUT2D eigenvalue weighted by Gasteiger charge is 2.24. The summed E-state index contributed by atoms with van der Waals surface area (Å²) in [5.74, 6) is -0.643. The summed E-state index contributed by atoms with van der Waals surface area (Å²) in [7, 11) is 0. The molecule has 88 valence electrons. The van der Waals surface area contributed by atoms with Crippen LogP contribution in [0.3, 0.4) is 0 Å². The van der Waals surface area contributed by atoms with E-state index in [1.54, 1.807) is 0 Å². The Hall–Kier alpha value is -2.44. The second-order valence-electron chi connectivity index (χ2n) is 3.47. The number of pyridine rings is 1. The third-order valence-electron chi connectivity index (χ3n) is 2.36. The van der Waals surface area contributed by atoms with Crippen molar-refractivity contribution < 1.29 is 19.5 Å². The van der Waals surface area contributed by atoms with Crippen molar-refractivity contribution in [2.75, 3.05) is 11.4 Å². The van der Waals surface area contributed by atoms with E-state index in [1.165, 1.54) is 17.2 Å². The number of nitrogens with zero attached hydrogens (tertiary/aromatic N) is 2. The number of rotatable bonds is 2. The average molecular weight is 235 g/mol. The van der Waals surface area contributed by atoms with E-state index in [0.717, 1.165) is 0 Å². The Balaban J connectivity index is 2.28. The maximum absolute atomic E-state index is 11.5. The predicted molar refractivity (Wildman–Crippen MR) is 56.8 cm³/mol. The molecule has 0 atom stereocenters. The number of carbonyl (C=O) groups excluding carboxylic acids is 3.